The summed E-state index contributed by atoms with van der Waals surface area (Å²) in [7, 11) is 1.78. The van der Waals surface area contributed by atoms with E-state index in [1.807, 2.05) is 57.2 Å². The normalized spacial score (nSPS) is 12.0. The van der Waals surface area contributed by atoms with Gasteiger partial charge in [0.2, 0.25) is 17.5 Å². The van der Waals surface area contributed by atoms with Crippen LogP contribution in [0.2, 0.25) is 0 Å². The molecular weight excluding hydrogens is 356 g/mol. The minimum Gasteiger partial charge on any atom is -0.445 e. The van der Waals surface area contributed by atoms with Gasteiger partial charge < -0.3 is 19.4 Å². The fraction of sp³-hybridized carbons (Fsp3) is 0.381. The van der Waals surface area contributed by atoms with E-state index in [1.165, 1.54) is 0 Å². The molecule has 2 aromatic rings. The van der Waals surface area contributed by atoms with Crippen molar-refractivity contribution in [2.24, 2.45) is 5.41 Å². The van der Waals surface area contributed by atoms with Crippen molar-refractivity contribution in [3.05, 3.63) is 60.1 Å². The Morgan fingerprint density at radius 3 is 2.68 bits per heavy atom. The van der Waals surface area contributed by atoms with E-state index in [1.54, 1.807) is 18.0 Å². The molecule has 28 heavy (non-hydrogen) atoms. The Balaban J connectivity index is 2.19. The van der Waals surface area contributed by atoms with Crippen LogP contribution in [-0.2, 0) is 11.3 Å². The SMILES string of the molecule is C=CCN(C)c1oc([C@@H](NC(=O)OCc2ccccc2)C(C)(C)C)nc1C#N. The predicted octanol–water partition coefficient (Wildman–Crippen LogP) is 4.18. The zero-order valence-corrected chi connectivity index (χ0v) is 16.7. The monoisotopic (exact) mass is 382 g/mol. The van der Waals surface area contributed by atoms with E-state index >= 15 is 0 Å². The highest BCUT2D eigenvalue weighted by atomic mass is 16.5. The van der Waals surface area contributed by atoms with Gasteiger partial charge in [-0.1, -0.05) is 57.2 Å². The Kier molecular flexibility index (Phi) is 6.83. The highest BCUT2D eigenvalue weighted by molar-refractivity contribution is 5.68. The molecule has 0 bridgehead atoms. The fourth-order valence-corrected chi connectivity index (χ4v) is 2.59. The fourth-order valence-electron chi connectivity index (χ4n) is 2.59. The third-order valence-corrected chi connectivity index (χ3v) is 4.07. The third kappa shape index (κ3) is 5.36. The highest BCUT2D eigenvalue weighted by Crippen LogP contribution is 2.35. The molecule has 7 heteroatoms. The van der Waals surface area contributed by atoms with Crippen molar-refractivity contribution in [3.63, 3.8) is 0 Å². The molecule has 0 spiro atoms. The molecule has 0 unspecified atom stereocenters. The van der Waals surface area contributed by atoms with Crippen LogP contribution in [0.1, 0.15) is 44.0 Å². The average Bonchev–Trinajstić information content (AvgIpc) is 3.08. The van der Waals surface area contributed by atoms with Crippen LogP contribution >= 0.6 is 0 Å². The lowest BCUT2D eigenvalue weighted by Gasteiger charge is -2.28. The second kappa shape index (κ2) is 9.09. The van der Waals surface area contributed by atoms with E-state index in [0.717, 1.165) is 5.56 Å². The number of hydrogen-bond donors (Lipinski definition) is 1. The van der Waals surface area contributed by atoms with Crippen LogP contribution < -0.4 is 10.2 Å². The Morgan fingerprint density at radius 2 is 2.11 bits per heavy atom. The number of carbonyl (C=O) groups excluding carboxylic acids is 1. The molecule has 1 heterocycles. The quantitative estimate of drug-likeness (QED) is 0.722. The van der Waals surface area contributed by atoms with Gasteiger partial charge in [0.15, 0.2) is 0 Å². The molecule has 0 fully saturated rings. The molecule has 1 amide bonds. The van der Waals surface area contributed by atoms with Gasteiger partial charge in [-0.3, -0.25) is 0 Å². The summed E-state index contributed by atoms with van der Waals surface area (Å²) in [6.45, 7) is 10.2. The number of benzene rings is 1. The first-order valence-corrected chi connectivity index (χ1v) is 8.96. The number of nitrogens with zero attached hydrogens (tertiary/aromatic N) is 3. The van der Waals surface area contributed by atoms with E-state index in [4.69, 9.17) is 9.15 Å². The molecule has 0 saturated heterocycles. The molecular formula is C21H26N4O3. The maximum atomic E-state index is 12.4. The van der Waals surface area contributed by atoms with Crippen molar-refractivity contribution >= 4 is 12.0 Å². The van der Waals surface area contributed by atoms with Crippen molar-refractivity contribution in [2.75, 3.05) is 18.5 Å². The Bertz CT molecular complexity index is 847. The first-order valence-electron chi connectivity index (χ1n) is 8.96. The summed E-state index contributed by atoms with van der Waals surface area (Å²) in [6.07, 6.45) is 1.12. The molecule has 0 aliphatic carbocycles. The van der Waals surface area contributed by atoms with Gasteiger partial charge in [0.1, 0.15) is 18.7 Å². The molecule has 0 aliphatic rings. The van der Waals surface area contributed by atoms with Crippen LogP contribution in [0.4, 0.5) is 10.7 Å². The first kappa shape index (κ1) is 21.0. The predicted molar refractivity (Wildman–Crippen MR) is 107 cm³/mol. The van der Waals surface area contributed by atoms with Gasteiger partial charge in [-0.15, -0.1) is 6.58 Å². The van der Waals surface area contributed by atoms with E-state index in [9.17, 15) is 10.1 Å². The Hall–Kier alpha value is -3.27. The third-order valence-electron chi connectivity index (χ3n) is 4.07. The number of rotatable bonds is 7. The van der Waals surface area contributed by atoms with Crippen molar-refractivity contribution in [1.29, 1.82) is 5.26 Å². The lowest BCUT2D eigenvalue weighted by molar-refractivity contribution is 0.121. The summed E-state index contributed by atoms with van der Waals surface area (Å²) in [5, 5.41) is 12.2. The summed E-state index contributed by atoms with van der Waals surface area (Å²) in [5.74, 6) is 0.595. The lowest BCUT2D eigenvalue weighted by atomic mass is 9.87. The summed E-state index contributed by atoms with van der Waals surface area (Å²) in [4.78, 5) is 18.4. The van der Waals surface area contributed by atoms with Gasteiger partial charge in [0.25, 0.3) is 0 Å². The number of hydrogen-bond acceptors (Lipinski definition) is 6. The summed E-state index contributed by atoms with van der Waals surface area (Å²) in [5.41, 5.74) is 0.631. The van der Waals surface area contributed by atoms with Gasteiger partial charge in [0.05, 0.1) is 0 Å². The number of nitriles is 1. The van der Waals surface area contributed by atoms with Crippen molar-refractivity contribution < 1.29 is 13.9 Å². The van der Waals surface area contributed by atoms with E-state index in [-0.39, 0.29) is 18.2 Å². The topological polar surface area (TPSA) is 91.4 Å². The van der Waals surface area contributed by atoms with E-state index in [0.29, 0.717) is 12.4 Å². The number of oxazole rings is 1. The second-order valence-electron chi connectivity index (χ2n) is 7.49. The zero-order chi connectivity index (χ0) is 20.7. The van der Waals surface area contributed by atoms with Gasteiger partial charge in [-0.25, -0.2) is 4.79 Å². The molecule has 1 aromatic heterocycles. The molecule has 0 radical (unpaired) electrons. The van der Waals surface area contributed by atoms with E-state index < -0.39 is 17.6 Å². The molecule has 1 N–H and O–H groups in total. The largest absolute Gasteiger partial charge is 0.445 e. The number of alkyl carbamates (subject to hydrolysis) is 1. The van der Waals surface area contributed by atoms with Gasteiger partial charge >= 0.3 is 6.09 Å². The van der Waals surface area contributed by atoms with Crippen LogP contribution in [-0.4, -0.2) is 24.7 Å². The average molecular weight is 382 g/mol. The van der Waals surface area contributed by atoms with Gasteiger partial charge in [0, 0.05) is 13.6 Å². The van der Waals surface area contributed by atoms with Gasteiger partial charge in [-0.2, -0.15) is 10.2 Å². The number of likely N-dealkylation sites (N-methyl/N-ethyl adjacent to an activating group) is 1. The second-order valence-corrected chi connectivity index (χ2v) is 7.49. The van der Waals surface area contributed by atoms with Crippen LogP contribution in [0.5, 0.6) is 0 Å². The van der Waals surface area contributed by atoms with Crippen molar-refractivity contribution in [3.8, 4) is 6.07 Å². The highest BCUT2D eigenvalue weighted by Gasteiger charge is 2.34. The molecule has 2 rings (SSSR count). The van der Waals surface area contributed by atoms with Crippen LogP contribution in [0, 0.1) is 16.7 Å². The molecule has 0 aliphatic heterocycles. The zero-order valence-electron chi connectivity index (χ0n) is 16.7. The summed E-state index contributed by atoms with van der Waals surface area (Å²) < 4.78 is 11.2. The van der Waals surface area contributed by atoms with E-state index in [2.05, 4.69) is 16.9 Å². The molecule has 1 aromatic carbocycles. The Morgan fingerprint density at radius 1 is 1.43 bits per heavy atom. The number of aromatic nitrogens is 1. The maximum Gasteiger partial charge on any atom is 0.408 e. The molecule has 7 nitrogen and oxygen atoms in total. The first-order chi connectivity index (χ1) is 13.3. The summed E-state index contributed by atoms with van der Waals surface area (Å²) in [6, 6.07) is 10.9. The van der Waals surface area contributed by atoms with Gasteiger partial charge in [-0.05, 0) is 11.0 Å². The van der Waals surface area contributed by atoms with Crippen molar-refractivity contribution in [2.45, 2.75) is 33.4 Å². The van der Waals surface area contributed by atoms with Crippen LogP contribution in [0.15, 0.2) is 47.4 Å². The number of ether oxygens (including phenoxy) is 1. The number of anilines is 1. The minimum absolute atomic E-state index is 0.159. The van der Waals surface area contributed by atoms with Crippen LogP contribution in [0.3, 0.4) is 0 Å². The summed E-state index contributed by atoms with van der Waals surface area (Å²) >= 11 is 0. The lowest BCUT2D eigenvalue weighted by Crippen LogP contribution is -2.37. The minimum atomic E-state index is -0.582. The standard InChI is InChI=1S/C21H26N4O3/c1-6-12-25(5)19-16(13-22)23-18(28-19)17(21(2,3)4)24-20(26)27-14-15-10-8-7-9-11-15/h6-11,17H,1,12,14H2,2-5H3,(H,24,26)/t17-/m1/s1. The number of amides is 1. The van der Waals surface area contributed by atoms with Crippen molar-refractivity contribution in [1.82, 2.24) is 10.3 Å². The number of carbonyl (C=O) groups is 1. The smallest absolute Gasteiger partial charge is 0.408 e. The number of nitrogens with one attached hydrogen (secondary N) is 1. The molecule has 1 atom stereocenters. The molecule has 0 saturated carbocycles. The maximum absolute atomic E-state index is 12.4. The Labute approximate surface area is 165 Å². The van der Waals surface area contributed by atoms with Crippen LogP contribution in [0.25, 0.3) is 0 Å². The molecule has 148 valence electrons.